The summed E-state index contributed by atoms with van der Waals surface area (Å²) in [5.74, 6) is 0. The van der Waals surface area contributed by atoms with E-state index in [1.54, 1.807) is 6.07 Å². The van der Waals surface area contributed by atoms with Gasteiger partial charge in [-0.3, -0.25) is 4.99 Å². The van der Waals surface area contributed by atoms with Crippen LogP contribution in [0.15, 0.2) is 47.5 Å². The highest BCUT2D eigenvalue weighted by Gasteiger charge is 2.15. The fraction of sp³-hybridized carbons (Fsp3) is 0.133. The molecule has 0 radical (unpaired) electrons. The first kappa shape index (κ1) is 11.3. The van der Waals surface area contributed by atoms with Crippen molar-refractivity contribution in [3.63, 3.8) is 0 Å². The van der Waals surface area contributed by atoms with Crippen LogP contribution in [-0.4, -0.2) is 5.71 Å². The molecule has 0 fully saturated rings. The lowest BCUT2D eigenvalue weighted by Gasteiger charge is -2.04. The Hall–Kier alpha value is -1.80. The summed E-state index contributed by atoms with van der Waals surface area (Å²) in [6, 6.07) is 13.9. The molecule has 0 saturated heterocycles. The zero-order valence-electron chi connectivity index (χ0n) is 9.86. The molecule has 0 saturated carbocycles. The maximum absolute atomic E-state index is 6.18. The van der Waals surface area contributed by atoms with Gasteiger partial charge in [-0.2, -0.15) is 0 Å². The van der Waals surface area contributed by atoms with Gasteiger partial charge in [-0.15, -0.1) is 0 Å². The molecule has 0 bridgehead atoms. The van der Waals surface area contributed by atoms with Gasteiger partial charge in [0.25, 0.3) is 0 Å². The topological polar surface area (TPSA) is 38.4 Å². The number of hydrogen-bond acceptors (Lipinski definition) is 2. The van der Waals surface area contributed by atoms with E-state index >= 15 is 0 Å². The Balaban J connectivity index is 1.84. The van der Waals surface area contributed by atoms with E-state index in [2.05, 4.69) is 11.1 Å². The maximum atomic E-state index is 6.18. The minimum atomic E-state index is 0.695. The molecule has 18 heavy (non-hydrogen) atoms. The van der Waals surface area contributed by atoms with Crippen LogP contribution in [0.5, 0.6) is 0 Å². The molecule has 2 N–H and O–H groups in total. The van der Waals surface area contributed by atoms with E-state index in [9.17, 15) is 0 Å². The molecule has 0 aromatic heterocycles. The van der Waals surface area contributed by atoms with E-state index in [1.807, 2.05) is 30.3 Å². The molecule has 1 heterocycles. The highest BCUT2D eigenvalue weighted by molar-refractivity contribution is 6.31. The first-order valence-corrected chi connectivity index (χ1v) is 6.28. The van der Waals surface area contributed by atoms with E-state index in [1.165, 1.54) is 5.56 Å². The number of nitrogen functional groups attached to an aromatic ring is 1. The number of benzene rings is 2. The first-order chi connectivity index (χ1) is 8.72. The zero-order chi connectivity index (χ0) is 12.5. The van der Waals surface area contributed by atoms with Crippen LogP contribution >= 0.6 is 11.6 Å². The van der Waals surface area contributed by atoms with Crippen LogP contribution in [0.1, 0.15) is 11.1 Å². The van der Waals surface area contributed by atoms with Gasteiger partial charge in [0.1, 0.15) is 0 Å². The van der Waals surface area contributed by atoms with Crippen LogP contribution in [0.3, 0.4) is 0 Å². The second-order valence-corrected chi connectivity index (χ2v) is 4.92. The minimum absolute atomic E-state index is 0.695. The lowest BCUT2D eigenvalue weighted by molar-refractivity contribution is 1.26. The summed E-state index contributed by atoms with van der Waals surface area (Å²) in [5, 5.41) is 0.716. The van der Waals surface area contributed by atoms with Gasteiger partial charge in [0.15, 0.2) is 0 Å². The van der Waals surface area contributed by atoms with Crippen LogP contribution in [0.4, 0.5) is 11.4 Å². The SMILES string of the molecule is Nc1ccc(CC2=Nc3ccccc3C2)c(Cl)c1. The number of rotatable bonds is 2. The zero-order valence-corrected chi connectivity index (χ0v) is 10.6. The van der Waals surface area contributed by atoms with Gasteiger partial charge in [0, 0.05) is 29.3 Å². The van der Waals surface area contributed by atoms with Crippen molar-refractivity contribution in [3.8, 4) is 0 Å². The molecule has 1 aliphatic heterocycles. The van der Waals surface area contributed by atoms with Crippen LogP contribution in [0.25, 0.3) is 0 Å². The van der Waals surface area contributed by atoms with E-state index in [0.717, 1.165) is 29.8 Å². The molecule has 2 aromatic carbocycles. The highest BCUT2D eigenvalue weighted by Crippen LogP contribution is 2.28. The number of halogens is 1. The number of para-hydroxylation sites is 1. The summed E-state index contributed by atoms with van der Waals surface area (Å²) in [6.45, 7) is 0. The average Bonchev–Trinajstić information content (AvgIpc) is 2.75. The molecule has 3 heteroatoms. The number of nitrogens with two attached hydrogens (primary N) is 1. The van der Waals surface area contributed by atoms with Crippen molar-refractivity contribution in [2.24, 2.45) is 4.99 Å². The molecule has 2 aromatic rings. The van der Waals surface area contributed by atoms with Crippen molar-refractivity contribution in [3.05, 3.63) is 58.6 Å². The molecule has 0 unspecified atom stereocenters. The lowest BCUT2D eigenvalue weighted by Crippen LogP contribution is -2.03. The number of fused-ring (bicyclic) bond motifs is 1. The third kappa shape index (κ3) is 2.12. The Morgan fingerprint density at radius 3 is 2.78 bits per heavy atom. The lowest BCUT2D eigenvalue weighted by atomic mass is 10.0. The summed E-state index contributed by atoms with van der Waals surface area (Å²) in [7, 11) is 0. The van der Waals surface area contributed by atoms with Crippen molar-refractivity contribution in [2.75, 3.05) is 5.73 Å². The van der Waals surface area contributed by atoms with Crippen LogP contribution < -0.4 is 5.73 Å². The second kappa shape index (κ2) is 4.46. The molecule has 3 rings (SSSR count). The van der Waals surface area contributed by atoms with E-state index in [-0.39, 0.29) is 0 Å². The third-order valence-corrected chi connectivity index (χ3v) is 3.49. The normalized spacial score (nSPS) is 13.3. The van der Waals surface area contributed by atoms with Crippen LogP contribution in [0.2, 0.25) is 5.02 Å². The average molecular weight is 257 g/mol. The molecule has 90 valence electrons. The number of nitrogens with zero attached hydrogens (tertiary/aromatic N) is 1. The van der Waals surface area contributed by atoms with Gasteiger partial charge < -0.3 is 5.73 Å². The Morgan fingerprint density at radius 2 is 2.00 bits per heavy atom. The van der Waals surface area contributed by atoms with Crippen LogP contribution in [-0.2, 0) is 12.8 Å². The van der Waals surface area contributed by atoms with E-state index < -0.39 is 0 Å². The van der Waals surface area contributed by atoms with Gasteiger partial charge in [-0.25, -0.2) is 0 Å². The van der Waals surface area contributed by atoms with Gasteiger partial charge in [-0.05, 0) is 29.3 Å². The number of anilines is 1. The summed E-state index contributed by atoms with van der Waals surface area (Å²) in [5.41, 5.74) is 11.0. The molecule has 1 aliphatic rings. The fourth-order valence-electron chi connectivity index (χ4n) is 2.23. The van der Waals surface area contributed by atoms with E-state index in [4.69, 9.17) is 17.3 Å². The molecular formula is C15H13ClN2. The fourth-order valence-corrected chi connectivity index (χ4v) is 2.48. The predicted molar refractivity (Wildman–Crippen MR) is 76.8 cm³/mol. The Kier molecular flexibility index (Phi) is 2.80. The smallest absolute Gasteiger partial charge is 0.0665 e. The van der Waals surface area contributed by atoms with Crippen molar-refractivity contribution in [2.45, 2.75) is 12.8 Å². The molecule has 0 atom stereocenters. The van der Waals surface area contributed by atoms with Crippen LogP contribution in [0, 0.1) is 0 Å². The Morgan fingerprint density at radius 1 is 1.17 bits per heavy atom. The summed E-state index contributed by atoms with van der Waals surface area (Å²) >= 11 is 6.18. The molecule has 0 amide bonds. The summed E-state index contributed by atoms with van der Waals surface area (Å²) < 4.78 is 0. The van der Waals surface area contributed by atoms with Crippen molar-refractivity contribution in [1.82, 2.24) is 0 Å². The largest absolute Gasteiger partial charge is 0.399 e. The number of aliphatic imine (C=N–C) groups is 1. The van der Waals surface area contributed by atoms with Crippen molar-refractivity contribution in [1.29, 1.82) is 0 Å². The minimum Gasteiger partial charge on any atom is -0.399 e. The predicted octanol–water partition coefficient (Wildman–Crippen LogP) is 3.79. The van der Waals surface area contributed by atoms with E-state index in [0.29, 0.717) is 10.7 Å². The Labute approximate surface area is 111 Å². The third-order valence-electron chi connectivity index (χ3n) is 3.14. The quantitative estimate of drug-likeness (QED) is 0.816. The molecule has 2 nitrogen and oxygen atoms in total. The second-order valence-electron chi connectivity index (χ2n) is 4.51. The van der Waals surface area contributed by atoms with Gasteiger partial charge in [0.05, 0.1) is 5.69 Å². The Bertz CT molecular complexity index is 632. The van der Waals surface area contributed by atoms with Gasteiger partial charge in [0.2, 0.25) is 0 Å². The summed E-state index contributed by atoms with van der Waals surface area (Å²) in [4.78, 5) is 4.64. The van der Waals surface area contributed by atoms with Gasteiger partial charge in [-0.1, -0.05) is 35.9 Å². The molecular weight excluding hydrogens is 244 g/mol. The van der Waals surface area contributed by atoms with Crippen molar-refractivity contribution >= 4 is 28.7 Å². The molecule has 0 aliphatic carbocycles. The highest BCUT2D eigenvalue weighted by atomic mass is 35.5. The van der Waals surface area contributed by atoms with Gasteiger partial charge >= 0.3 is 0 Å². The number of hydrogen-bond donors (Lipinski definition) is 1. The van der Waals surface area contributed by atoms with Crippen molar-refractivity contribution < 1.29 is 0 Å². The first-order valence-electron chi connectivity index (χ1n) is 5.90. The monoisotopic (exact) mass is 256 g/mol. The molecule has 0 spiro atoms. The maximum Gasteiger partial charge on any atom is 0.0665 e. The standard InChI is InChI=1S/C15H13ClN2/c16-14-9-12(17)6-5-10(14)7-13-8-11-3-1-2-4-15(11)18-13/h1-6,9H,7-8,17H2. The summed E-state index contributed by atoms with van der Waals surface area (Å²) in [6.07, 6.45) is 1.70.